The fourth-order valence-electron chi connectivity index (χ4n) is 4.27. The summed E-state index contributed by atoms with van der Waals surface area (Å²) in [6.45, 7) is 7.87. The Hall–Kier alpha value is -1.98. The Morgan fingerprint density at radius 2 is 1.67 bits per heavy atom. The van der Waals surface area contributed by atoms with E-state index in [4.69, 9.17) is 0 Å². The summed E-state index contributed by atoms with van der Waals surface area (Å²) in [5, 5.41) is 9.63. The van der Waals surface area contributed by atoms with Gasteiger partial charge in [0.15, 0.2) is 0 Å². The summed E-state index contributed by atoms with van der Waals surface area (Å²) in [4.78, 5) is 4.91. The second kappa shape index (κ2) is 13.7. The van der Waals surface area contributed by atoms with Crippen LogP contribution in [0.2, 0.25) is 0 Å². The van der Waals surface area contributed by atoms with Crippen LogP contribution >= 0.6 is 15.9 Å². The number of hydrogen-bond acceptors (Lipinski definition) is 3. The highest BCUT2D eigenvalue weighted by Gasteiger charge is 2.16. The first-order valence-electron chi connectivity index (χ1n) is 12.1. The van der Waals surface area contributed by atoms with E-state index < -0.39 is 0 Å². The number of allylic oxidation sites excluding steroid dienone is 5. The summed E-state index contributed by atoms with van der Waals surface area (Å²) in [6.07, 6.45) is 9.51. The number of nitrogens with zero attached hydrogens (tertiary/aromatic N) is 2. The van der Waals surface area contributed by atoms with Crippen LogP contribution in [0, 0.1) is 0 Å². The number of piperazine rings is 1. The maximum atomic E-state index is 9.63. The SMILES string of the molecule is CC/C=C(\C=C/CN1CCN(C)CC1)C(=C(/CCCO)c1ccccc1)/c1ccc(Br)cc1. The molecular formula is C29H37BrN2O. The molecule has 3 nitrogen and oxygen atoms in total. The van der Waals surface area contributed by atoms with Crippen LogP contribution in [0.4, 0.5) is 0 Å². The van der Waals surface area contributed by atoms with Crippen LogP contribution in [0.5, 0.6) is 0 Å². The molecule has 2 aromatic carbocycles. The van der Waals surface area contributed by atoms with Gasteiger partial charge in [0.2, 0.25) is 0 Å². The highest BCUT2D eigenvalue weighted by atomic mass is 79.9. The van der Waals surface area contributed by atoms with E-state index in [2.05, 4.69) is 113 Å². The van der Waals surface area contributed by atoms with Gasteiger partial charge in [-0.2, -0.15) is 0 Å². The lowest BCUT2D eigenvalue weighted by atomic mass is 9.86. The molecule has 0 saturated carbocycles. The van der Waals surface area contributed by atoms with E-state index in [1.54, 1.807) is 0 Å². The highest BCUT2D eigenvalue weighted by molar-refractivity contribution is 9.10. The molecule has 1 fully saturated rings. The van der Waals surface area contributed by atoms with Crippen molar-refractivity contribution in [3.63, 3.8) is 0 Å². The van der Waals surface area contributed by atoms with Crippen LogP contribution < -0.4 is 0 Å². The topological polar surface area (TPSA) is 26.7 Å². The van der Waals surface area contributed by atoms with Crippen LogP contribution in [-0.2, 0) is 0 Å². The van der Waals surface area contributed by atoms with Gasteiger partial charge in [0, 0.05) is 43.8 Å². The number of aliphatic hydroxyl groups excluding tert-OH is 1. The summed E-state index contributed by atoms with van der Waals surface area (Å²) >= 11 is 3.59. The fourth-order valence-corrected chi connectivity index (χ4v) is 4.54. The predicted octanol–water partition coefficient (Wildman–Crippen LogP) is 6.27. The summed E-state index contributed by atoms with van der Waals surface area (Å²) in [5.74, 6) is 0. The smallest absolute Gasteiger partial charge is 0.0434 e. The first kappa shape index (κ1) is 25.6. The number of likely N-dealkylation sites (N-methyl/N-ethyl adjacent to an activating group) is 1. The largest absolute Gasteiger partial charge is 0.396 e. The number of benzene rings is 2. The van der Waals surface area contributed by atoms with Crippen molar-refractivity contribution < 1.29 is 5.11 Å². The molecule has 2 aromatic rings. The van der Waals surface area contributed by atoms with E-state index in [1.807, 2.05) is 0 Å². The van der Waals surface area contributed by atoms with Crippen molar-refractivity contribution in [2.45, 2.75) is 26.2 Å². The standard InChI is InChI=1S/C29H37BrN2O/c1-3-9-25(12-7-18-32-21-19-31(2)20-22-32)29(26-14-16-27(30)17-15-26)28(13-8-23-33)24-10-5-4-6-11-24/h4-7,9-12,14-17,33H,3,8,13,18-23H2,1-2H3/b12-7-,25-9+,29-28+. The third kappa shape index (κ3) is 7.79. The molecule has 33 heavy (non-hydrogen) atoms. The first-order chi connectivity index (χ1) is 16.1. The molecule has 0 aromatic heterocycles. The summed E-state index contributed by atoms with van der Waals surface area (Å²) in [7, 11) is 2.20. The maximum Gasteiger partial charge on any atom is 0.0434 e. The van der Waals surface area contributed by atoms with Gasteiger partial charge in [0.25, 0.3) is 0 Å². The van der Waals surface area contributed by atoms with E-state index in [0.29, 0.717) is 0 Å². The van der Waals surface area contributed by atoms with Crippen LogP contribution in [-0.4, -0.2) is 61.3 Å². The third-order valence-corrected chi connectivity index (χ3v) is 6.64. The van der Waals surface area contributed by atoms with Crippen LogP contribution in [0.25, 0.3) is 11.1 Å². The van der Waals surface area contributed by atoms with Gasteiger partial charge in [-0.05, 0) is 66.3 Å². The number of rotatable bonds is 10. The van der Waals surface area contributed by atoms with Crippen molar-refractivity contribution in [2.75, 3.05) is 46.4 Å². The Balaban J connectivity index is 2.03. The zero-order valence-corrected chi connectivity index (χ0v) is 21.6. The fraction of sp³-hybridized carbons (Fsp3) is 0.379. The van der Waals surface area contributed by atoms with Gasteiger partial charge >= 0.3 is 0 Å². The van der Waals surface area contributed by atoms with E-state index in [-0.39, 0.29) is 6.61 Å². The van der Waals surface area contributed by atoms with Crippen molar-refractivity contribution >= 4 is 27.1 Å². The monoisotopic (exact) mass is 508 g/mol. The Morgan fingerprint density at radius 3 is 2.30 bits per heavy atom. The molecule has 176 valence electrons. The van der Waals surface area contributed by atoms with Gasteiger partial charge < -0.3 is 10.0 Å². The van der Waals surface area contributed by atoms with Crippen molar-refractivity contribution in [3.05, 3.63) is 94.0 Å². The maximum absolute atomic E-state index is 9.63. The molecule has 4 heteroatoms. The van der Waals surface area contributed by atoms with Crippen LogP contribution in [0.3, 0.4) is 0 Å². The Morgan fingerprint density at radius 1 is 0.970 bits per heavy atom. The van der Waals surface area contributed by atoms with Crippen LogP contribution in [0.15, 0.2) is 82.9 Å². The molecule has 0 aliphatic carbocycles. The zero-order valence-electron chi connectivity index (χ0n) is 20.0. The Labute approximate surface area is 208 Å². The van der Waals surface area contributed by atoms with Gasteiger partial charge in [-0.15, -0.1) is 0 Å². The average Bonchev–Trinajstić information content (AvgIpc) is 2.84. The van der Waals surface area contributed by atoms with Crippen molar-refractivity contribution in [1.29, 1.82) is 0 Å². The third-order valence-electron chi connectivity index (χ3n) is 6.11. The molecule has 0 bridgehead atoms. The van der Waals surface area contributed by atoms with Crippen molar-refractivity contribution in [2.24, 2.45) is 0 Å². The van der Waals surface area contributed by atoms with E-state index >= 15 is 0 Å². The molecule has 0 radical (unpaired) electrons. The van der Waals surface area contributed by atoms with Gasteiger partial charge in [0.05, 0.1) is 0 Å². The molecule has 1 heterocycles. The summed E-state index contributed by atoms with van der Waals surface area (Å²) < 4.78 is 1.08. The lowest BCUT2D eigenvalue weighted by Crippen LogP contribution is -2.44. The van der Waals surface area contributed by atoms with E-state index in [9.17, 15) is 5.11 Å². The molecule has 0 spiro atoms. The molecule has 3 rings (SSSR count). The second-order valence-corrected chi connectivity index (χ2v) is 9.54. The summed E-state index contributed by atoms with van der Waals surface area (Å²) in [5.41, 5.74) is 6.23. The normalized spacial score (nSPS) is 16.9. The molecule has 1 saturated heterocycles. The average molecular weight is 510 g/mol. The van der Waals surface area contributed by atoms with Crippen molar-refractivity contribution in [1.82, 2.24) is 9.80 Å². The van der Waals surface area contributed by atoms with E-state index in [1.165, 1.54) is 27.8 Å². The lowest BCUT2D eigenvalue weighted by Gasteiger charge is -2.31. The minimum atomic E-state index is 0.190. The first-order valence-corrected chi connectivity index (χ1v) is 12.8. The van der Waals surface area contributed by atoms with Gasteiger partial charge in [-0.1, -0.05) is 83.5 Å². The molecule has 1 aliphatic rings. The molecule has 0 atom stereocenters. The minimum absolute atomic E-state index is 0.190. The Bertz CT molecular complexity index is 939. The zero-order chi connectivity index (χ0) is 23.5. The van der Waals surface area contributed by atoms with Gasteiger partial charge in [-0.25, -0.2) is 0 Å². The molecular weight excluding hydrogens is 472 g/mol. The highest BCUT2D eigenvalue weighted by Crippen LogP contribution is 2.36. The molecule has 1 N–H and O–H groups in total. The number of aliphatic hydroxyl groups is 1. The molecule has 0 unspecified atom stereocenters. The number of hydrogen-bond donors (Lipinski definition) is 1. The van der Waals surface area contributed by atoms with Gasteiger partial charge in [-0.3, -0.25) is 4.90 Å². The van der Waals surface area contributed by atoms with E-state index in [0.717, 1.165) is 56.5 Å². The van der Waals surface area contributed by atoms with Gasteiger partial charge in [0.1, 0.15) is 0 Å². The molecule has 0 amide bonds. The Kier molecular flexibility index (Phi) is 10.6. The number of halogens is 1. The molecule has 1 aliphatic heterocycles. The minimum Gasteiger partial charge on any atom is -0.396 e. The second-order valence-electron chi connectivity index (χ2n) is 8.63. The van der Waals surface area contributed by atoms with Crippen molar-refractivity contribution in [3.8, 4) is 0 Å². The lowest BCUT2D eigenvalue weighted by molar-refractivity contribution is 0.166. The summed E-state index contributed by atoms with van der Waals surface area (Å²) in [6, 6.07) is 19.2. The predicted molar refractivity (Wildman–Crippen MR) is 145 cm³/mol. The van der Waals surface area contributed by atoms with Crippen LogP contribution in [0.1, 0.15) is 37.3 Å². The quantitative estimate of drug-likeness (QED) is 0.302.